The highest BCUT2D eigenvalue weighted by molar-refractivity contribution is 5.15. The van der Waals surface area contributed by atoms with Crippen molar-refractivity contribution in [2.24, 2.45) is 17.6 Å². The van der Waals surface area contributed by atoms with E-state index in [9.17, 15) is 0 Å². The van der Waals surface area contributed by atoms with E-state index in [0.29, 0.717) is 0 Å². The van der Waals surface area contributed by atoms with Gasteiger partial charge in [-0.3, -0.25) is 0 Å². The smallest absolute Gasteiger partial charge is 0.00461 e. The number of aryl methyl sites for hydroxylation is 1. The molecule has 0 spiro atoms. The Morgan fingerprint density at radius 1 is 1.15 bits per heavy atom. The van der Waals surface area contributed by atoms with E-state index in [4.69, 9.17) is 5.73 Å². The topological polar surface area (TPSA) is 26.0 Å². The second-order valence-corrected chi connectivity index (χ2v) is 4.02. The van der Waals surface area contributed by atoms with Gasteiger partial charge >= 0.3 is 0 Å². The standard InChI is InChI=1S/C12H17N/c13-9-12-8-11(12)7-6-10-4-2-1-3-5-10/h1-5,11-12H,6-9,13H2. The van der Waals surface area contributed by atoms with Crippen molar-refractivity contribution < 1.29 is 0 Å². The van der Waals surface area contributed by atoms with E-state index in [1.54, 1.807) is 0 Å². The maximum Gasteiger partial charge on any atom is -0.00461 e. The van der Waals surface area contributed by atoms with E-state index in [2.05, 4.69) is 30.3 Å². The summed E-state index contributed by atoms with van der Waals surface area (Å²) in [5.74, 6) is 1.76. The van der Waals surface area contributed by atoms with Crippen molar-refractivity contribution in [3.63, 3.8) is 0 Å². The molecule has 0 radical (unpaired) electrons. The van der Waals surface area contributed by atoms with E-state index in [1.807, 2.05) is 0 Å². The zero-order chi connectivity index (χ0) is 9.10. The highest BCUT2D eigenvalue weighted by Gasteiger charge is 2.34. The van der Waals surface area contributed by atoms with Crippen molar-refractivity contribution >= 4 is 0 Å². The molecule has 1 saturated carbocycles. The van der Waals surface area contributed by atoms with Crippen LogP contribution >= 0.6 is 0 Å². The first-order valence-corrected chi connectivity index (χ1v) is 5.14. The van der Waals surface area contributed by atoms with E-state index in [0.717, 1.165) is 18.4 Å². The van der Waals surface area contributed by atoms with Crippen LogP contribution in [0.5, 0.6) is 0 Å². The zero-order valence-corrected chi connectivity index (χ0v) is 7.95. The summed E-state index contributed by atoms with van der Waals surface area (Å²) in [4.78, 5) is 0. The Kier molecular flexibility index (Phi) is 2.65. The molecule has 1 aromatic rings. The van der Waals surface area contributed by atoms with Gasteiger partial charge in [0.2, 0.25) is 0 Å². The molecule has 1 aliphatic carbocycles. The minimum Gasteiger partial charge on any atom is -0.330 e. The first-order valence-electron chi connectivity index (χ1n) is 5.14. The Hall–Kier alpha value is -0.820. The van der Waals surface area contributed by atoms with E-state index >= 15 is 0 Å². The monoisotopic (exact) mass is 175 g/mol. The normalized spacial score (nSPS) is 25.9. The molecule has 2 rings (SSSR count). The summed E-state index contributed by atoms with van der Waals surface area (Å²) >= 11 is 0. The average Bonchev–Trinajstić information content (AvgIpc) is 2.95. The Morgan fingerprint density at radius 3 is 2.54 bits per heavy atom. The summed E-state index contributed by atoms with van der Waals surface area (Å²) in [6, 6.07) is 10.7. The van der Waals surface area contributed by atoms with Gasteiger partial charge in [-0.15, -0.1) is 0 Å². The van der Waals surface area contributed by atoms with Gasteiger partial charge in [-0.2, -0.15) is 0 Å². The van der Waals surface area contributed by atoms with E-state index < -0.39 is 0 Å². The van der Waals surface area contributed by atoms with Crippen LogP contribution in [0, 0.1) is 11.8 Å². The van der Waals surface area contributed by atoms with Gasteiger partial charge < -0.3 is 5.73 Å². The van der Waals surface area contributed by atoms with Crippen LogP contribution in [0.4, 0.5) is 0 Å². The molecular weight excluding hydrogens is 158 g/mol. The predicted octanol–water partition coefficient (Wildman–Crippen LogP) is 2.21. The van der Waals surface area contributed by atoms with Crippen molar-refractivity contribution in [1.82, 2.24) is 0 Å². The van der Waals surface area contributed by atoms with Crippen LogP contribution in [0.25, 0.3) is 0 Å². The Balaban J connectivity index is 1.75. The van der Waals surface area contributed by atoms with Crippen LogP contribution in [0.2, 0.25) is 0 Å². The van der Waals surface area contributed by atoms with Crippen LogP contribution in [0.15, 0.2) is 30.3 Å². The molecule has 0 aliphatic heterocycles. The fourth-order valence-electron chi connectivity index (χ4n) is 1.95. The molecule has 1 heteroatoms. The summed E-state index contributed by atoms with van der Waals surface area (Å²) in [5.41, 5.74) is 7.06. The molecule has 2 N–H and O–H groups in total. The van der Waals surface area contributed by atoms with Gasteiger partial charge in [0.1, 0.15) is 0 Å². The van der Waals surface area contributed by atoms with Gasteiger partial charge in [0.05, 0.1) is 0 Å². The minimum atomic E-state index is 0.837. The second kappa shape index (κ2) is 3.93. The molecule has 0 saturated heterocycles. The first kappa shape index (κ1) is 8.76. The van der Waals surface area contributed by atoms with Crippen molar-refractivity contribution in [2.45, 2.75) is 19.3 Å². The molecule has 2 unspecified atom stereocenters. The third kappa shape index (κ3) is 2.31. The lowest BCUT2D eigenvalue weighted by atomic mass is 10.1. The van der Waals surface area contributed by atoms with Crippen LogP contribution in [-0.2, 0) is 6.42 Å². The molecule has 1 aliphatic rings. The lowest BCUT2D eigenvalue weighted by Gasteiger charge is -1.99. The zero-order valence-electron chi connectivity index (χ0n) is 7.95. The van der Waals surface area contributed by atoms with Gasteiger partial charge in [0.15, 0.2) is 0 Å². The Morgan fingerprint density at radius 2 is 1.92 bits per heavy atom. The van der Waals surface area contributed by atoms with Crippen LogP contribution < -0.4 is 5.73 Å². The molecule has 0 amide bonds. The Labute approximate surface area is 80.0 Å². The summed E-state index contributed by atoms with van der Waals surface area (Å²) in [6.45, 7) is 0.888. The second-order valence-electron chi connectivity index (χ2n) is 4.02. The fraction of sp³-hybridized carbons (Fsp3) is 0.500. The van der Waals surface area contributed by atoms with Crippen LogP contribution in [0.1, 0.15) is 18.4 Å². The van der Waals surface area contributed by atoms with Gasteiger partial charge in [0.25, 0.3) is 0 Å². The number of nitrogens with two attached hydrogens (primary N) is 1. The average molecular weight is 175 g/mol. The number of benzene rings is 1. The highest BCUT2D eigenvalue weighted by atomic mass is 14.6. The molecular formula is C12H17N. The molecule has 0 heterocycles. The molecule has 2 atom stereocenters. The van der Waals surface area contributed by atoms with E-state index in [1.165, 1.54) is 24.8 Å². The van der Waals surface area contributed by atoms with Crippen LogP contribution in [-0.4, -0.2) is 6.54 Å². The lowest BCUT2D eigenvalue weighted by molar-refractivity contribution is 0.649. The molecule has 1 nitrogen and oxygen atoms in total. The molecule has 70 valence electrons. The minimum absolute atomic E-state index is 0.837. The molecule has 0 bridgehead atoms. The largest absolute Gasteiger partial charge is 0.330 e. The van der Waals surface area contributed by atoms with E-state index in [-0.39, 0.29) is 0 Å². The van der Waals surface area contributed by atoms with Crippen molar-refractivity contribution in [3.8, 4) is 0 Å². The number of rotatable bonds is 4. The SMILES string of the molecule is NCC1CC1CCc1ccccc1. The molecule has 1 fully saturated rings. The fourth-order valence-corrected chi connectivity index (χ4v) is 1.95. The molecule has 13 heavy (non-hydrogen) atoms. The maximum atomic E-state index is 5.59. The summed E-state index contributed by atoms with van der Waals surface area (Å²) < 4.78 is 0. The summed E-state index contributed by atoms with van der Waals surface area (Å²) in [5, 5.41) is 0. The lowest BCUT2D eigenvalue weighted by Crippen LogP contribution is -2.02. The maximum absolute atomic E-state index is 5.59. The highest BCUT2D eigenvalue weighted by Crippen LogP contribution is 2.40. The molecule has 0 aromatic heterocycles. The van der Waals surface area contributed by atoms with Gasteiger partial charge in [0, 0.05) is 0 Å². The summed E-state index contributed by atoms with van der Waals surface area (Å²) in [6.07, 6.45) is 3.91. The first-order chi connectivity index (χ1) is 6.40. The van der Waals surface area contributed by atoms with Crippen molar-refractivity contribution in [3.05, 3.63) is 35.9 Å². The Bertz CT molecular complexity index is 255. The predicted molar refractivity (Wildman–Crippen MR) is 55.4 cm³/mol. The van der Waals surface area contributed by atoms with Gasteiger partial charge in [-0.05, 0) is 43.2 Å². The number of hydrogen-bond acceptors (Lipinski definition) is 1. The molecule has 1 aromatic carbocycles. The van der Waals surface area contributed by atoms with Gasteiger partial charge in [-0.25, -0.2) is 0 Å². The number of hydrogen-bond donors (Lipinski definition) is 1. The van der Waals surface area contributed by atoms with Gasteiger partial charge in [-0.1, -0.05) is 30.3 Å². The third-order valence-corrected chi connectivity index (χ3v) is 3.02. The quantitative estimate of drug-likeness (QED) is 0.746. The van der Waals surface area contributed by atoms with Crippen molar-refractivity contribution in [1.29, 1.82) is 0 Å². The third-order valence-electron chi connectivity index (χ3n) is 3.02. The van der Waals surface area contributed by atoms with Crippen LogP contribution in [0.3, 0.4) is 0 Å². The summed E-state index contributed by atoms with van der Waals surface area (Å²) in [7, 11) is 0. The van der Waals surface area contributed by atoms with Crippen molar-refractivity contribution in [2.75, 3.05) is 6.54 Å².